The van der Waals surface area contributed by atoms with Crippen molar-refractivity contribution in [3.63, 3.8) is 0 Å². The topological polar surface area (TPSA) is 15.3 Å². The van der Waals surface area contributed by atoms with Gasteiger partial charge in [0.2, 0.25) is 0 Å². The first kappa shape index (κ1) is 12.8. The van der Waals surface area contributed by atoms with Crippen LogP contribution in [0.1, 0.15) is 18.4 Å². The molecule has 94 valence electrons. The van der Waals surface area contributed by atoms with E-state index in [1.165, 1.54) is 18.9 Å². The van der Waals surface area contributed by atoms with E-state index in [-0.39, 0.29) is 10.8 Å². The second-order valence-electron chi connectivity index (χ2n) is 4.63. The van der Waals surface area contributed by atoms with E-state index in [1.54, 1.807) is 6.07 Å². The maximum Gasteiger partial charge on any atom is 0.142 e. The van der Waals surface area contributed by atoms with Crippen molar-refractivity contribution in [1.82, 2.24) is 10.2 Å². The zero-order chi connectivity index (χ0) is 12.3. The summed E-state index contributed by atoms with van der Waals surface area (Å²) in [5.74, 6) is -0.334. The molecule has 17 heavy (non-hydrogen) atoms. The van der Waals surface area contributed by atoms with E-state index < -0.39 is 0 Å². The Morgan fingerprint density at radius 2 is 2.35 bits per heavy atom. The molecule has 0 radical (unpaired) electrons. The molecule has 0 saturated carbocycles. The molecule has 1 N–H and O–H groups in total. The molecule has 1 aliphatic heterocycles. The van der Waals surface area contributed by atoms with Gasteiger partial charge in [0.05, 0.1) is 5.02 Å². The second kappa shape index (κ2) is 5.80. The van der Waals surface area contributed by atoms with Gasteiger partial charge in [-0.05, 0) is 38.1 Å². The Morgan fingerprint density at radius 1 is 1.53 bits per heavy atom. The van der Waals surface area contributed by atoms with Gasteiger partial charge in [0.15, 0.2) is 0 Å². The number of nitrogens with one attached hydrogen (secondary N) is 1. The average Bonchev–Trinajstić information content (AvgIpc) is 2.36. The average molecular weight is 257 g/mol. The minimum absolute atomic E-state index is 0.253. The molecule has 0 aromatic heterocycles. The van der Waals surface area contributed by atoms with Crippen LogP contribution >= 0.6 is 11.6 Å². The van der Waals surface area contributed by atoms with E-state index in [0.717, 1.165) is 18.7 Å². The molecule has 1 aromatic rings. The van der Waals surface area contributed by atoms with Crippen LogP contribution in [0.4, 0.5) is 4.39 Å². The first-order valence-electron chi connectivity index (χ1n) is 6.02. The number of piperidine rings is 1. The molecule has 1 unspecified atom stereocenters. The number of hydrogen-bond acceptors (Lipinski definition) is 2. The van der Waals surface area contributed by atoms with E-state index in [1.807, 2.05) is 6.07 Å². The minimum Gasteiger partial charge on any atom is -0.315 e. The first-order chi connectivity index (χ1) is 8.18. The molecule has 2 nitrogen and oxygen atoms in total. The predicted octanol–water partition coefficient (Wildman–Crippen LogP) is 2.66. The van der Waals surface area contributed by atoms with E-state index >= 15 is 0 Å². The molecule has 1 heterocycles. The molecule has 0 bridgehead atoms. The van der Waals surface area contributed by atoms with Crippen molar-refractivity contribution >= 4 is 11.6 Å². The quantitative estimate of drug-likeness (QED) is 0.895. The molecule has 0 amide bonds. The molecule has 2 rings (SSSR count). The fraction of sp³-hybridized carbons (Fsp3) is 0.538. The molecular formula is C13H18ClFN2. The van der Waals surface area contributed by atoms with Crippen LogP contribution in [-0.4, -0.2) is 31.1 Å². The zero-order valence-corrected chi connectivity index (χ0v) is 10.8. The van der Waals surface area contributed by atoms with Crippen LogP contribution in [0.15, 0.2) is 18.2 Å². The third-order valence-electron chi connectivity index (χ3n) is 3.35. The first-order valence-corrected chi connectivity index (χ1v) is 6.40. The highest BCUT2D eigenvalue weighted by Gasteiger charge is 2.18. The summed E-state index contributed by atoms with van der Waals surface area (Å²) in [5, 5.41) is 3.63. The largest absolute Gasteiger partial charge is 0.315 e. The molecule has 1 aromatic carbocycles. The Balaban J connectivity index is 2.01. The van der Waals surface area contributed by atoms with E-state index in [4.69, 9.17) is 11.6 Å². The van der Waals surface area contributed by atoms with E-state index in [9.17, 15) is 4.39 Å². The number of halogens is 2. The van der Waals surface area contributed by atoms with Crippen molar-refractivity contribution in [3.05, 3.63) is 34.6 Å². The SMILES string of the molecule is CN(Cc1cccc(F)c1Cl)C1CCCNC1. The Labute approximate surface area is 107 Å². The van der Waals surface area contributed by atoms with Gasteiger partial charge in [-0.2, -0.15) is 0 Å². The summed E-state index contributed by atoms with van der Waals surface area (Å²) >= 11 is 5.96. The summed E-state index contributed by atoms with van der Waals surface area (Å²) in [4.78, 5) is 2.24. The van der Waals surface area contributed by atoms with Crippen LogP contribution in [0.2, 0.25) is 5.02 Å². The van der Waals surface area contributed by atoms with Crippen LogP contribution in [0.3, 0.4) is 0 Å². The second-order valence-corrected chi connectivity index (χ2v) is 5.01. The van der Waals surface area contributed by atoms with Crippen LogP contribution in [-0.2, 0) is 6.54 Å². The lowest BCUT2D eigenvalue weighted by atomic mass is 10.1. The maximum absolute atomic E-state index is 13.3. The number of likely N-dealkylation sites (N-methyl/N-ethyl adjacent to an activating group) is 1. The van der Waals surface area contributed by atoms with Crippen LogP contribution in [0.5, 0.6) is 0 Å². The van der Waals surface area contributed by atoms with E-state index in [2.05, 4.69) is 17.3 Å². The van der Waals surface area contributed by atoms with Gasteiger partial charge < -0.3 is 5.32 Å². The highest BCUT2D eigenvalue weighted by Crippen LogP contribution is 2.22. The molecule has 4 heteroatoms. The van der Waals surface area contributed by atoms with Crippen molar-refractivity contribution in [3.8, 4) is 0 Å². The number of benzene rings is 1. The Kier molecular flexibility index (Phi) is 4.37. The highest BCUT2D eigenvalue weighted by molar-refractivity contribution is 6.31. The summed E-state index contributed by atoms with van der Waals surface area (Å²) in [6.07, 6.45) is 2.39. The monoisotopic (exact) mass is 256 g/mol. The van der Waals surface area contributed by atoms with Gasteiger partial charge in [0, 0.05) is 19.1 Å². The molecule has 0 aliphatic carbocycles. The normalized spacial score (nSPS) is 20.8. The summed E-state index contributed by atoms with van der Waals surface area (Å²) < 4.78 is 13.3. The molecule has 1 fully saturated rings. The summed E-state index contributed by atoms with van der Waals surface area (Å²) in [6.45, 7) is 2.80. The molecule has 0 spiro atoms. The lowest BCUT2D eigenvalue weighted by Gasteiger charge is -2.31. The fourth-order valence-corrected chi connectivity index (χ4v) is 2.46. The van der Waals surface area contributed by atoms with Gasteiger partial charge in [-0.1, -0.05) is 23.7 Å². The van der Waals surface area contributed by atoms with Gasteiger partial charge in [-0.3, -0.25) is 4.90 Å². The van der Waals surface area contributed by atoms with Crippen LogP contribution in [0.25, 0.3) is 0 Å². The van der Waals surface area contributed by atoms with Gasteiger partial charge in [0.1, 0.15) is 5.82 Å². The Bertz CT molecular complexity index is 378. The number of nitrogens with zero attached hydrogens (tertiary/aromatic N) is 1. The van der Waals surface area contributed by atoms with Gasteiger partial charge in [0.25, 0.3) is 0 Å². The fourth-order valence-electron chi connectivity index (χ4n) is 2.28. The Morgan fingerprint density at radius 3 is 3.06 bits per heavy atom. The van der Waals surface area contributed by atoms with Gasteiger partial charge in [-0.25, -0.2) is 4.39 Å². The lowest BCUT2D eigenvalue weighted by molar-refractivity contribution is 0.196. The van der Waals surface area contributed by atoms with Crippen molar-refractivity contribution in [1.29, 1.82) is 0 Å². The van der Waals surface area contributed by atoms with Crippen molar-refractivity contribution in [2.24, 2.45) is 0 Å². The highest BCUT2D eigenvalue weighted by atomic mass is 35.5. The molecular weight excluding hydrogens is 239 g/mol. The minimum atomic E-state index is -0.334. The summed E-state index contributed by atoms with van der Waals surface area (Å²) in [5.41, 5.74) is 0.861. The number of hydrogen-bond donors (Lipinski definition) is 1. The summed E-state index contributed by atoms with van der Waals surface area (Å²) in [6, 6.07) is 5.51. The standard InChI is InChI=1S/C13H18ClFN2/c1-17(11-5-3-7-16-8-11)9-10-4-2-6-12(15)13(10)14/h2,4,6,11,16H,3,5,7-9H2,1H3. The maximum atomic E-state index is 13.3. The molecule has 1 saturated heterocycles. The van der Waals surface area contributed by atoms with E-state index in [0.29, 0.717) is 12.6 Å². The van der Waals surface area contributed by atoms with Gasteiger partial charge >= 0.3 is 0 Å². The van der Waals surface area contributed by atoms with Crippen molar-refractivity contribution in [2.45, 2.75) is 25.4 Å². The van der Waals surface area contributed by atoms with Crippen molar-refractivity contribution < 1.29 is 4.39 Å². The smallest absolute Gasteiger partial charge is 0.142 e. The summed E-state index contributed by atoms with van der Waals surface area (Å²) in [7, 11) is 2.07. The lowest BCUT2D eigenvalue weighted by Crippen LogP contribution is -2.43. The predicted molar refractivity (Wildman–Crippen MR) is 68.8 cm³/mol. The molecule has 1 aliphatic rings. The number of rotatable bonds is 3. The zero-order valence-electron chi connectivity index (χ0n) is 10.0. The van der Waals surface area contributed by atoms with Crippen LogP contribution in [0, 0.1) is 5.82 Å². The van der Waals surface area contributed by atoms with Crippen molar-refractivity contribution in [2.75, 3.05) is 20.1 Å². The van der Waals surface area contributed by atoms with Gasteiger partial charge in [-0.15, -0.1) is 0 Å². The van der Waals surface area contributed by atoms with Crippen LogP contribution < -0.4 is 5.32 Å². The molecule has 1 atom stereocenters. The third kappa shape index (κ3) is 3.18. The third-order valence-corrected chi connectivity index (χ3v) is 3.77. The Hall–Kier alpha value is -0.640.